The quantitative estimate of drug-likeness (QED) is 0.768. The van der Waals surface area contributed by atoms with Crippen LogP contribution in [0.25, 0.3) is 0 Å². The van der Waals surface area contributed by atoms with E-state index in [4.69, 9.17) is 9.47 Å². The molecule has 98 valence electrons. The fraction of sp³-hybridized carbons (Fsp3) is 0.533. The third-order valence-electron chi connectivity index (χ3n) is 3.53. The smallest absolute Gasteiger partial charge is 0.313 e. The first-order valence-corrected chi connectivity index (χ1v) is 6.26. The molecule has 1 aliphatic rings. The van der Waals surface area contributed by atoms with Gasteiger partial charge in [0.15, 0.2) is 0 Å². The molecule has 1 saturated heterocycles. The Hall–Kier alpha value is -1.35. The van der Waals surface area contributed by atoms with Crippen LogP contribution >= 0.6 is 0 Å². The van der Waals surface area contributed by atoms with Crippen LogP contribution in [-0.4, -0.2) is 26.3 Å². The number of aryl methyl sites for hydroxylation is 1. The summed E-state index contributed by atoms with van der Waals surface area (Å²) in [4.78, 5) is 12.0. The van der Waals surface area contributed by atoms with Gasteiger partial charge in [-0.2, -0.15) is 0 Å². The van der Waals surface area contributed by atoms with Crippen LogP contribution in [0, 0.1) is 12.3 Å². The number of hydrogen-bond acceptors (Lipinski definition) is 3. The molecule has 3 nitrogen and oxygen atoms in total. The summed E-state index contributed by atoms with van der Waals surface area (Å²) in [6.45, 7) is 5.65. The lowest BCUT2D eigenvalue weighted by Crippen LogP contribution is -2.42. The maximum atomic E-state index is 12.0. The molecule has 0 aromatic heterocycles. The van der Waals surface area contributed by atoms with Crippen molar-refractivity contribution in [1.29, 1.82) is 0 Å². The first-order valence-electron chi connectivity index (χ1n) is 6.26. The first kappa shape index (κ1) is 13.1. The second-order valence-electron chi connectivity index (χ2n) is 5.50. The number of hydrogen-bond donors (Lipinski definition) is 0. The molecular weight excluding hydrogens is 228 g/mol. The predicted octanol–water partition coefficient (Wildman–Crippen LogP) is 2.68. The van der Waals surface area contributed by atoms with Crippen LogP contribution in [0.5, 0.6) is 0 Å². The van der Waals surface area contributed by atoms with Crippen LogP contribution < -0.4 is 0 Å². The first-order chi connectivity index (χ1) is 8.54. The van der Waals surface area contributed by atoms with Crippen molar-refractivity contribution in [3.63, 3.8) is 0 Å². The summed E-state index contributed by atoms with van der Waals surface area (Å²) in [5.74, 6) is -0.350. The lowest BCUT2D eigenvalue weighted by atomic mass is 9.77. The zero-order valence-corrected chi connectivity index (χ0v) is 11.2. The highest BCUT2D eigenvalue weighted by molar-refractivity contribution is 5.78. The van der Waals surface area contributed by atoms with Gasteiger partial charge in [-0.15, -0.1) is 0 Å². The van der Waals surface area contributed by atoms with Gasteiger partial charge in [0.2, 0.25) is 0 Å². The highest BCUT2D eigenvalue weighted by Gasteiger charge is 2.38. The minimum absolute atomic E-state index is 0.0998. The number of benzene rings is 1. The van der Waals surface area contributed by atoms with Crippen molar-refractivity contribution in [2.75, 3.05) is 20.3 Å². The molecule has 1 heterocycles. The largest absolute Gasteiger partial charge is 0.469 e. The highest BCUT2D eigenvalue weighted by Crippen LogP contribution is 2.38. The van der Waals surface area contributed by atoms with E-state index in [2.05, 4.69) is 13.0 Å². The van der Waals surface area contributed by atoms with Gasteiger partial charge in [-0.3, -0.25) is 4.79 Å². The molecule has 18 heavy (non-hydrogen) atoms. The molecule has 0 N–H and O–H groups in total. The Labute approximate surface area is 108 Å². The molecule has 1 aromatic rings. The summed E-state index contributed by atoms with van der Waals surface area (Å²) >= 11 is 0. The topological polar surface area (TPSA) is 35.5 Å². The Morgan fingerprint density at radius 3 is 2.72 bits per heavy atom. The van der Waals surface area contributed by atoms with E-state index in [1.807, 2.05) is 25.1 Å². The number of esters is 1. The molecule has 1 aliphatic heterocycles. The molecule has 0 aliphatic carbocycles. The van der Waals surface area contributed by atoms with Gasteiger partial charge in [0.25, 0.3) is 0 Å². The van der Waals surface area contributed by atoms with Crippen molar-refractivity contribution < 1.29 is 14.3 Å². The maximum absolute atomic E-state index is 12.0. The van der Waals surface area contributed by atoms with E-state index >= 15 is 0 Å². The summed E-state index contributed by atoms with van der Waals surface area (Å²) in [5, 5.41) is 0. The van der Waals surface area contributed by atoms with Crippen LogP contribution in [0.2, 0.25) is 0 Å². The number of carbonyl (C=O) groups excluding carboxylic acids is 1. The molecule has 1 fully saturated rings. The van der Waals surface area contributed by atoms with Gasteiger partial charge in [-0.1, -0.05) is 36.8 Å². The maximum Gasteiger partial charge on any atom is 0.313 e. The zero-order valence-electron chi connectivity index (χ0n) is 11.2. The van der Waals surface area contributed by atoms with Crippen LogP contribution in [-0.2, 0) is 14.3 Å². The molecule has 0 bridgehead atoms. The number of carbonyl (C=O) groups is 1. The molecule has 0 radical (unpaired) electrons. The average Bonchev–Trinajstić information content (AvgIpc) is 2.33. The summed E-state index contributed by atoms with van der Waals surface area (Å²) in [5.41, 5.74) is 2.30. The SMILES string of the molecule is COC(=O)C(CC1(C)COC1)c1cccc(C)c1. The van der Waals surface area contributed by atoms with Crippen molar-refractivity contribution in [1.82, 2.24) is 0 Å². The molecule has 0 spiro atoms. The van der Waals surface area contributed by atoms with E-state index in [9.17, 15) is 4.79 Å². The van der Waals surface area contributed by atoms with Gasteiger partial charge >= 0.3 is 5.97 Å². The fourth-order valence-corrected chi connectivity index (χ4v) is 2.43. The molecule has 1 atom stereocenters. The summed E-state index contributed by atoms with van der Waals surface area (Å²) in [7, 11) is 1.45. The second kappa shape index (κ2) is 5.11. The van der Waals surface area contributed by atoms with Crippen molar-refractivity contribution in [2.24, 2.45) is 5.41 Å². The standard InChI is InChI=1S/C15H20O3/c1-11-5-4-6-12(7-11)13(14(16)17-3)8-15(2)9-18-10-15/h4-7,13H,8-10H2,1-3H3. The van der Waals surface area contributed by atoms with E-state index in [-0.39, 0.29) is 17.3 Å². The molecule has 2 rings (SSSR count). The van der Waals surface area contributed by atoms with Gasteiger partial charge in [-0.05, 0) is 18.9 Å². The summed E-state index contributed by atoms with van der Waals surface area (Å²) in [6, 6.07) is 8.08. The van der Waals surface area contributed by atoms with Gasteiger partial charge < -0.3 is 9.47 Å². The Balaban J connectivity index is 2.22. The molecule has 0 amide bonds. The van der Waals surface area contributed by atoms with Crippen LogP contribution in [0.4, 0.5) is 0 Å². The third-order valence-corrected chi connectivity index (χ3v) is 3.53. The lowest BCUT2D eigenvalue weighted by molar-refractivity contribution is -0.148. The van der Waals surface area contributed by atoms with E-state index in [0.29, 0.717) is 0 Å². The molecule has 1 unspecified atom stereocenters. The number of methoxy groups -OCH3 is 1. The van der Waals surface area contributed by atoms with Gasteiger partial charge in [0.1, 0.15) is 0 Å². The second-order valence-corrected chi connectivity index (χ2v) is 5.50. The van der Waals surface area contributed by atoms with E-state index in [1.165, 1.54) is 7.11 Å². The fourth-order valence-electron chi connectivity index (χ4n) is 2.43. The summed E-state index contributed by atoms with van der Waals surface area (Å²) < 4.78 is 10.2. The highest BCUT2D eigenvalue weighted by atomic mass is 16.5. The minimum Gasteiger partial charge on any atom is -0.469 e. The molecule has 3 heteroatoms. The molecular formula is C15H20O3. The predicted molar refractivity (Wildman–Crippen MR) is 69.5 cm³/mol. The van der Waals surface area contributed by atoms with Crippen molar-refractivity contribution >= 4 is 5.97 Å². The monoisotopic (exact) mass is 248 g/mol. The Morgan fingerprint density at radius 1 is 1.50 bits per heavy atom. The minimum atomic E-state index is -0.191. The Kier molecular flexibility index (Phi) is 3.71. The van der Waals surface area contributed by atoms with E-state index in [1.54, 1.807) is 0 Å². The van der Waals surface area contributed by atoms with Crippen molar-refractivity contribution in [3.8, 4) is 0 Å². The number of ether oxygens (including phenoxy) is 2. The van der Waals surface area contributed by atoms with Crippen molar-refractivity contribution in [3.05, 3.63) is 35.4 Å². The molecule has 0 saturated carbocycles. The van der Waals surface area contributed by atoms with E-state index in [0.717, 1.165) is 30.8 Å². The lowest BCUT2D eigenvalue weighted by Gasteiger charge is -2.40. The van der Waals surface area contributed by atoms with Gasteiger partial charge in [0.05, 0.1) is 26.2 Å². The van der Waals surface area contributed by atoms with Crippen LogP contribution in [0.1, 0.15) is 30.4 Å². The summed E-state index contributed by atoms with van der Waals surface area (Å²) in [6.07, 6.45) is 0.781. The average molecular weight is 248 g/mol. The van der Waals surface area contributed by atoms with Crippen LogP contribution in [0.3, 0.4) is 0 Å². The number of rotatable bonds is 4. The van der Waals surface area contributed by atoms with E-state index < -0.39 is 0 Å². The Morgan fingerprint density at radius 2 is 2.22 bits per heavy atom. The van der Waals surface area contributed by atoms with Crippen molar-refractivity contribution in [2.45, 2.75) is 26.2 Å². The third kappa shape index (κ3) is 2.72. The zero-order chi connectivity index (χ0) is 13.2. The normalized spacial score (nSPS) is 18.8. The van der Waals surface area contributed by atoms with Gasteiger partial charge in [0, 0.05) is 5.41 Å². The Bertz CT molecular complexity index is 435. The van der Waals surface area contributed by atoms with Crippen LogP contribution in [0.15, 0.2) is 24.3 Å². The van der Waals surface area contributed by atoms with Gasteiger partial charge in [-0.25, -0.2) is 0 Å². The molecule has 1 aromatic carbocycles.